The molecule has 1 aliphatic rings. The summed E-state index contributed by atoms with van der Waals surface area (Å²) in [7, 11) is 0. The monoisotopic (exact) mass is 201 g/mol. The van der Waals surface area contributed by atoms with Gasteiger partial charge in [0.05, 0.1) is 31.5 Å². The molecule has 0 aromatic heterocycles. The van der Waals surface area contributed by atoms with E-state index in [-0.39, 0.29) is 12.2 Å². The van der Waals surface area contributed by atoms with Crippen LogP contribution in [0.3, 0.4) is 0 Å². The Kier molecular flexibility index (Phi) is 3.91. The molecule has 5 nitrogen and oxygen atoms in total. The minimum absolute atomic E-state index is 0.127. The third kappa shape index (κ3) is 3.35. The minimum Gasteiger partial charge on any atom is -0.498 e. The number of hydrogen-bond donors (Lipinski definition) is 2. The van der Waals surface area contributed by atoms with Crippen molar-refractivity contribution in [3.8, 4) is 0 Å². The van der Waals surface area contributed by atoms with E-state index in [4.69, 9.17) is 20.3 Å². The van der Waals surface area contributed by atoms with E-state index in [1.165, 1.54) is 0 Å². The second-order valence-electron chi connectivity index (χ2n) is 3.15. The molecular weight excluding hydrogens is 186 g/mol. The van der Waals surface area contributed by atoms with Gasteiger partial charge in [-0.15, -0.1) is 0 Å². The van der Waals surface area contributed by atoms with E-state index in [2.05, 4.69) is 0 Å². The Morgan fingerprint density at radius 3 is 2.79 bits per heavy atom. The van der Waals surface area contributed by atoms with Crippen LogP contribution >= 0.6 is 0 Å². The highest BCUT2D eigenvalue weighted by Crippen LogP contribution is 2.14. The quantitative estimate of drug-likeness (QED) is 0.346. The Balaban J connectivity index is 2.34. The van der Waals surface area contributed by atoms with E-state index >= 15 is 0 Å². The second-order valence-corrected chi connectivity index (χ2v) is 3.15. The standard InChI is InChI=1S/C9H15NO4/c1-6(8(4-11)9(10)12)13-3-2-7-5-14-7/h7,11H,2-5H2,1H3,(H2,10,12). The van der Waals surface area contributed by atoms with Crippen LogP contribution in [-0.2, 0) is 14.3 Å². The van der Waals surface area contributed by atoms with Crippen molar-refractivity contribution in [3.63, 3.8) is 0 Å². The lowest BCUT2D eigenvalue weighted by atomic mass is 10.2. The first-order valence-electron chi connectivity index (χ1n) is 4.50. The third-order valence-electron chi connectivity index (χ3n) is 2.04. The fraction of sp³-hybridized carbons (Fsp3) is 0.667. The minimum atomic E-state index is -0.646. The van der Waals surface area contributed by atoms with Gasteiger partial charge in [0.2, 0.25) is 5.91 Å². The molecule has 0 aromatic rings. The van der Waals surface area contributed by atoms with Crippen molar-refractivity contribution in [1.29, 1.82) is 0 Å². The maximum absolute atomic E-state index is 10.8. The van der Waals surface area contributed by atoms with Crippen molar-refractivity contribution >= 4 is 5.91 Å². The number of carbonyl (C=O) groups excluding carboxylic acids is 1. The molecule has 1 heterocycles. The fourth-order valence-corrected chi connectivity index (χ4v) is 1.03. The van der Waals surface area contributed by atoms with E-state index in [0.717, 1.165) is 13.0 Å². The SMILES string of the molecule is CC(OCCC1CO1)=C(CO)C(N)=O. The number of carbonyl (C=O) groups is 1. The number of hydrogen-bond acceptors (Lipinski definition) is 4. The molecule has 0 aromatic carbocycles. The molecule has 1 rings (SSSR count). The summed E-state index contributed by atoms with van der Waals surface area (Å²) in [5.41, 5.74) is 5.16. The number of epoxide rings is 1. The van der Waals surface area contributed by atoms with Crippen LogP contribution < -0.4 is 5.73 Å². The van der Waals surface area contributed by atoms with Gasteiger partial charge in [0.25, 0.3) is 0 Å². The van der Waals surface area contributed by atoms with Crippen LogP contribution in [0.25, 0.3) is 0 Å². The van der Waals surface area contributed by atoms with Crippen LogP contribution in [0.1, 0.15) is 13.3 Å². The predicted octanol–water partition coefficient (Wildman–Crippen LogP) is -0.457. The topological polar surface area (TPSA) is 85.1 Å². The molecule has 1 aliphatic heterocycles. The lowest BCUT2D eigenvalue weighted by molar-refractivity contribution is -0.115. The third-order valence-corrected chi connectivity index (χ3v) is 2.04. The Bertz CT molecular complexity index is 245. The Labute approximate surface area is 82.5 Å². The molecule has 0 aliphatic carbocycles. The largest absolute Gasteiger partial charge is 0.498 e. The Morgan fingerprint density at radius 1 is 1.71 bits per heavy atom. The van der Waals surface area contributed by atoms with Crippen molar-refractivity contribution in [2.45, 2.75) is 19.4 Å². The molecule has 0 saturated carbocycles. The van der Waals surface area contributed by atoms with Crippen molar-refractivity contribution in [2.24, 2.45) is 5.73 Å². The maximum atomic E-state index is 10.8. The summed E-state index contributed by atoms with van der Waals surface area (Å²) in [5.74, 6) is -0.256. The first kappa shape index (κ1) is 11.0. The average molecular weight is 201 g/mol. The summed E-state index contributed by atoms with van der Waals surface area (Å²) in [6.45, 7) is 2.49. The summed E-state index contributed by atoms with van der Waals surface area (Å²) < 4.78 is 10.2. The van der Waals surface area contributed by atoms with E-state index in [0.29, 0.717) is 18.5 Å². The van der Waals surface area contributed by atoms with Gasteiger partial charge in [0.15, 0.2) is 0 Å². The number of ether oxygens (including phenoxy) is 2. The highest BCUT2D eigenvalue weighted by molar-refractivity contribution is 5.92. The number of rotatable bonds is 6. The molecule has 0 radical (unpaired) electrons. The van der Waals surface area contributed by atoms with Gasteiger partial charge in [0.1, 0.15) is 5.76 Å². The second kappa shape index (κ2) is 4.97. The van der Waals surface area contributed by atoms with Crippen molar-refractivity contribution in [2.75, 3.05) is 19.8 Å². The van der Waals surface area contributed by atoms with Gasteiger partial charge in [-0.3, -0.25) is 4.79 Å². The molecule has 1 fully saturated rings. The summed E-state index contributed by atoms with van der Waals surface area (Å²) in [4.78, 5) is 10.8. The van der Waals surface area contributed by atoms with Crippen molar-refractivity contribution in [1.82, 2.24) is 0 Å². The first-order chi connectivity index (χ1) is 6.65. The van der Waals surface area contributed by atoms with Gasteiger partial charge in [-0.1, -0.05) is 0 Å². The highest BCUT2D eigenvalue weighted by atomic mass is 16.6. The Morgan fingerprint density at radius 2 is 2.36 bits per heavy atom. The molecule has 80 valence electrons. The summed E-state index contributed by atoms with van der Waals surface area (Å²) in [6.07, 6.45) is 1.10. The van der Waals surface area contributed by atoms with Crippen LogP contribution in [0.15, 0.2) is 11.3 Å². The molecule has 1 amide bonds. The number of allylic oxidation sites excluding steroid dienone is 1. The molecule has 1 saturated heterocycles. The number of primary amides is 1. The fourth-order valence-electron chi connectivity index (χ4n) is 1.03. The molecule has 5 heteroatoms. The summed E-state index contributed by atoms with van der Waals surface area (Å²) in [6, 6.07) is 0. The molecule has 0 bridgehead atoms. The number of nitrogens with two attached hydrogens (primary N) is 1. The zero-order chi connectivity index (χ0) is 10.6. The number of aliphatic hydroxyl groups excluding tert-OH is 1. The first-order valence-corrected chi connectivity index (χ1v) is 4.50. The van der Waals surface area contributed by atoms with E-state index in [1.54, 1.807) is 6.92 Å². The van der Waals surface area contributed by atoms with Crippen LogP contribution in [-0.4, -0.2) is 36.9 Å². The van der Waals surface area contributed by atoms with E-state index in [9.17, 15) is 4.79 Å². The molecular formula is C9H15NO4. The van der Waals surface area contributed by atoms with Crippen LogP contribution in [0.2, 0.25) is 0 Å². The Hall–Kier alpha value is -1.07. The lowest BCUT2D eigenvalue weighted by Gasteiger charge is -2.08. The van der Waals surface area contributed by atoms with Gasteiger partial charge in [-0.05, 0) is 6.92 Å². The predicted molar refractivity (Wildman–Crippen MR) is 49.3 cm³/mol. The lowest BCUT2D eigenvalue weighted by Crippen LogP contribution is -2.19. The molecule has 1 unspecified atom stereocenters. The smallest absolute Gasteiger partial charge is 0.250 e. The van der Waals surface area contributed by atoms with Crippen LogP contribution in [0.4, 0.5) is 0 Å². The van der Waals surface area contributed by atoms with E-state index < -0.39 is 5.91 Å². The number of aliphatic hydroxyl groups is 1. The maximum Gasteiger partial charge on any atom is 0.250 e. The van der Waals surface area contributed by atoms with Crippen LogP contribution in [0, 0.1) is 0 Å². The number of amides is 1. The zero-order valence-corrected chi connectivity index (χ0v) is 8.16. The van der Waals surface area contributed by atoms with Gasteiger partial charge in [-0.2, -0.15) is 0 Å². The normalized spacial score (nSPS) is 21.4. The molecule has 0 spiro atoms. The van der Waals surface area contributed by atoms with Crippen LogP contribution in [0.5, 0.6) is 0 Å². The zero-order valence-electron chi connectivity index (χ0n) is 8.16. The highest BCUT2D eigenvalue weighted by Gasteiger charge is 2.22. The molecule has 3 N–H and O–H groups in total. The van der Waals surface area contributed by atoms with Gasteiger partial charge in [-0.25, -0.2) is 0 Å². The summed E-state index contributed by atoms with van der Waals surface area (Å²) in [5, 5.41) is 8.82. The van der Waals surface area contributed by atoms with Gasteiger partial charge >= 0.3 is 0 Å². The molecule has 14 heavy (non-hydrogen) atoms. The average Bonchev–Trinajstić information content (AvgIpc) is 2.88. The van der Waals surface area contributed by atoms with Crippen molar-refractivity contribution in [3.05, 3.63) is 11.3 Å². The molecule has 1 atom stereocenters. The summed E-state index contributed by atoms with van der Waals surface area (Å²) >= 11 is 0. The van der Waals surface area contributed by atoms with Crippen molar-refractivity contribution < 1.29 is 19.4 Å². The van der Waals surface area contributed by atoms with Gasteiger partial charge in [0, 0.05) is 6.42 Å². The van der Waals surface area contributed by atoms with Gasteiger partial charge < -0.3 is 20.3 Å². The van der Waals surface area contributed by atoms with E-state index in [1.807, 2.05) is 0 Å².